The topological polar surface area (TPSA) is 85.2 Å². The second kappa shape index (κ2) is 7.38. The van der Waals surface area contributed by atoms with Crippen molar-refractivity contribution in [2.24, 2.45) is 7.05 Å². The molecule has 0 aliphatic carbocycles. The van der Waals surface area contributed by atoms with Gasteiger partial charge >= 0.3 is 5.97 Å². The molecule has 0 radical (unpaired) electrons. The van der Waals surface area contributed by atoms with Crippen molar-refractivity contribution in [3.05, 3.63) is 28.7 Å². The van der Waals surface area contributed by atoms with Crippen LogP contribution in [0.4, 0.5) is 11.5 Å². The highest BCUT2D eigenvalue weighted by Gasteiger charge is 2.25. The van der Waals surface area contributed by atoms with Crippen molar-refractivity contribution in [1.29, 1.82) is 0 Å². The van der Waals surface area contributed by atoms with Crippen LogP contribution in [0.1, 0.15) is 33.9 Å². The number of fused-ring (bicyclic) bond motifs is 1. The van der Waals surface area contributed by atoms with Gasteiger partial charge in [0.05, 0.1) is 24.4 Å². The van der Waals surface area contributed by atoms with E-state index in [2.05, 4.69) is 25.3 Å². The van der Waals surface area contributed by atoms with Crippen LogP contribution >= 0.6 is 11.3 Å². The Morgan fingerprint density at radius 1 is 1.36 bits per heavy atom. The average molecular weight is 401 g/mol. The Bertz CT molecular complexity index is 1030. The highest BCUT2D eigenvalue weighted by Crippen LogP contribution is 2.35. The monoisotopic (exact) mass is 400 g/mol. The fourth-order valence-corrected chi connectivity index (χ4v) is 4.88. The molecular weight excluding hydrogens is 376 g/mol. The lowest BCUT2D eigenvalue weighted by Crippen LogP contribution is -2.42. The first kappa shape index (κ1) is 18.7. The van der Waals surface area contributed by atoms with Crippen molar-refractivity contribution >= 4 is 39.0 Å². The van der Waals surface area contributed by atoms with Gasteiger partial charge in [0, 0.05) is 32.4 Å². The molecular formula is C19H24N6O2S. The van der Waals surface area contributed by atoms with Crippen molar-refractivity contribution in [3.63, 3.8) is 0 Å². The first-order valence-corrected chi connectivity index (χ1v) is 10.1. The van der Waals surface area contributed by atoms with E-state index in [1.165, 1.54) is 18.4 Å². The third-order valence-electron chi connectivity index (χ3n) is 5.09. The molecule has 9 heteroatoms. The Hall–Kier alpha value is -2.68. The van der Waals surface area contributed by atoms with Crippen molar-refractivity contribution in [2.45, 2.75) is 32.7 Å². The van der Waals surface area contributed by atoms with Crippen LogP contribution in [0.25, 0.3) is 10.2 Å². The number of esters is 1. The molecule has 1 fully saturated rings. The SMILES string of the molecule is COC(=O)c1sc2nc(C)nc(NC3CCCN(c4cnn(C)c4)C3)c2c1C. The maximum Gasteiger partial charge on any atom is 0.348 e. The van der Waals surface area contributed by atoms with Gasteiger partial charge in [-0.1, -0.05) is 0 Å². The number of anilines is 2. The van der Waals surface area contributed by atoms with Gasteiger partial charge in [0.15, 0.2) is 0 Å². The summed E-state index contributed by atoms with van der Waals surface area (Å²) in [5.41, 5.74) is 2.01. The molecule has 0 aromatic carbocycles. The lowest BCUT2D eigenvalue weighted by atomic mass is 10.0. The third-order valence-corrected chi connectivity index (χ3v) is 6.26. The van der Waals surface area contributed by atoms with Gasteiger partial charge in [-0.3, -0.25) is 4.68 Å². The van der Waals surface area contributed by atoms with Gasteiger partial charge in [-0.05, 0) is 32.3 Å². The summed E-state index contributed by atoms with van der Waals surface area (Å²) >= 11 is 1.36. The van der Waals surface area contributed by atoms with Gasteiger partial charge in [-0.2, -0.15) is 5.10 Å². The number of nitrogens with zero attached hydrogens (tertiary/aromatic N) is 5. The van der Waals surface area contributed by atoms with E-state index in [1.807, 2.05) is 38.0 Å². The number of piperidine rings is 1. The zero-order valence-electron chi connectivity index (χ0n) is 16.5. The summed E-state index contributed by atoms with van der Waals surface area (Å²) in [5, 5.41) is 8.81. The minimum Gasteiger partial charge on any atom is -0.465 e. The number of methoxy groups -OCH3 is 1. The summed E-state index contributed by atoms with van der Waals surface area (Å²) in [5.74, 6) is 1.15. The van der Waals surface area contributed by atoms with Crippen LogP contribution in [-0.2, 0) is 11.8 Å². The maximum absolute atomic E-state index is 12.1. The molecule has 1 unspecified atom stereocenters. The third kappa shape index (κ3) is 3.42. The van der Waals surface area contributed by atoms with Gasteiger partial charge in [-0.15, -0.1) is 11.3 Å². The first-order chi connectivity index (χ1) is 13.5. The predicted octanol–water partition coefficient (Wildman–Crippen LogP) is 2.91. The lowest BCUT2D eigenvalue weighted by molar-refractivity contribution is 0.0605. The summed E-state index contributed by atoms with van der Waals surface area (Å²) in [6, 6.07) is 0.257. The Kier molecular flexibility index (Phi) is 4.92. The minimum absolute atomic E-state index is 0.257. The Morgan fingerprint density at radius 2 is 2.18 bits per heavy atom. The summed E-state index contributed by atoms with van der Waals surface area (Å²) in [6.07, 6.45) is 6.10. The van der Waals surface area contributed by atoms with E-state index in [0.717, 1.165) is 53.2 Å². The van der Waals surface area contributed by atoms with Crippen LogP contribution in [0.5, 0.6) is 0 Å². The molecule has 1 aliphatic heterocycles. The highest BCUT2D eigenvalue weighted by atomic mass is 32.1. The van der Waals surface area contributed by atoms with Crippen molar-refractivity contribution in [2.75, 3.05) is 30.4 Å². The zero-order valence-corrected chi connectivity index (χ0v) is 17.3. The number of aromatic nitrogens is 4. The van der Waals surface area contributed by atoms with Crippen molar-refractivity contribution < 1.29 is 9.53 Å². The Morgan fingerprint density at radius 3 is 2.89 bits per heavy atom. The van der Waals surface area contributed by atoms with Crippen LogP contribution in [0.2, 0.25) is 0 Å². The summed E-state index contributed by atoms with van der Waals surface area (Å²) in [4.78, 5) is 25.0. The number of thiophene rings is 1. The van der Waals surface area contributed by atoms with Crippen LogP contribution in [0, 0.1) is 13.8 Å². The van der Waals surface area contributed by atoms with Gasteiger partial charge in [-0.25, -0.2) is 14.8 Å². The van der Waals surface area contributed by atoms with Gasteiger partial charge in [0.1, 0.15) is 21.3 Å². The fraction of sp³-hybridized carbons (Fsp3) is 0.474. The molecule has 148 valence electrons. The van der Waals surface area contributed by atoms with Crippen molar-refractivity contribution in [3.8, 4) is 0 Å². The quantitative estimate of drug-likeness (QED) is 0.674. The summed E-state index contributed by atoms with van der Waals surface area (Å²) in [6.45, 7) is 5.70. The second-order valence-corrected chi connectivity index (χ2v) is 8.15. The molecule has 0 bridgehead atoms. The Balaban J connectivity index is 1.63. The smallest absolute Gasteiger partial charge is 0.348 e. The van der Waals surface area contributed by atoms with Crippen LogP contribution in [-0.4, -0.2) is 52.0 Å². The average Bonchev–Trinajstić information content (AvgIpc) is 3.25. The number of hydrogen-bond acceptors (Lipinski definition) is 8. The number of ether oxygens (including phenoxy) is 1. The van der Waals surface area contributed by atoms with E-state index in [0.29, 0.717) is 10.7 Å². The number of nitrogens with one attached hydrogen (secondary N) is 1. The van der Waals surface area contributed by atoms with Gasteiger partial charge < -0.3 is 15.0 Å². The molecule has 0 amide bonds. The largest absolute Gasteiger partial charge is 0.465 e. The van der Waals surface area contributed by atoms with E-state index >= 15 is 0 Å². The van der Waals surface area contributed by atoms with Crippen molar-refractivity contribution in [1.82, 2.24) is 19.7 Å². The fourth-order valence-electron chi connectivity index (χ4n) is 3.73. The van der Waals surface area contributed by atoms with E-state index in [-0.39, 0.29) is 12.0 Å². The molecule has 4 rings (SSSR count). The molecule has 0 saturated carbocycles. The number of aryl methyl sites for hydroxylation is 3. The maximum atomic E-state index is 12.1. The molecule has 3 aromatic rings. The number of hydrogen-bond donors (Lipinski definition) is 1. The molecule has 8 nitrogen and oxygen atoms in total. The van der Waals surface area contributed by atoms with Crippen LogP contribution in [0.3, 0.4) is 0 Å². The molecule has 4 heterocycles. The standard InChI is InChI=1S/C19H24N6O2S/c1-11-15-17(21-12(2)22-18(15)28-16(11)19(26)27-4)23-13-6-5-7-25(9-13)14-8-20-24(3)10-14/h8,10,13H,5-7,9H2,1-4H3,(H,21,22,23). The first-order valence-electron chi connectivity index (χ1n) is 9.32. The van der Waals surface area contributed by atoms with E-state index in [4.69, 9.17) is 4.74 Å². The number of carbonyl (C=O) groups is 1. The lowest BCUT2D eigenvalue weighted by Gasteiger charge is -2.34. The van der Waals surface area contributed by atoms with E-state index in [9.17, 15) is 4.79 Å². The molecule has 1 aliphatic rings. The molecule has 28 heavy (non-hydrogen) atoms. The predicted molar refractivity (Wildman–Crippen MR) is 110 cm³/mol. The molecule has 1 atom stereocenters. The number of rotatable bonds is 4. The van der Waals surface area contributed by atoms with Crippen LogP contribution in [0.15, 0.2) is 12.4 Å². The molecule has 0 spiro atoms. The normalized spacial score (nSPS) is 17.1. The van der Waals surface area contributed by atoms with E-state index < -0.39 is 0 Å². The van der Waals surface area contributed by atoms with Gasteiger partial charge in [0.25, 0.3) is 0 Å². The minimum atomic E-state index is -0.329. The summed E-state index contributed by atoms with van der Waals surface area (Å²) < 4.78 is 6.75. The van der Waals surface area contributed by atoms with Crippen LogP contribution < -0.4 is 10.2 Å². The van der Waals surface area contributed by atoms with Gasteiger partial charge in [0.2, 0.25) is 0 Å². The highest BCUT2D eigenvalue weighted by molar-refractivity contribution is 7.20. The number of carbonyl (C=O) groups excluding carboxylic acids is 1. The molecule has 3 aromatic heterocycles. The Labute approximate surface area is 167 Å². The molecule has 1 saturated heterocycles. The molecule has 1 N–H and O–H groups in total. The van der Waals surface area contributed by atoms with E-state index in [1.54, 1.807) is 0 Å². The zero-order chi connectivity index (χ0) is 19.8. The summed E-state index contributed by atoms with van der Waals surface area (Å²) in [7, 11) is 3.33. The second-order valence-electron chi connectivity index (χ2n) is 7.15.